The number of H-pyrrole nitrogens is 2. The Hall–Kier alpha value is -2.89. The van der Waals surface area contributed by atoms with Crippen LogP contribution in [0.4, 0.5) is 0 Å². The van der Waals surface area contributed by atoms with Crippen molar-refractivity contribution in [3.05, 3.63) is 130 Å². The molecule has 0 fully saturated rings. The Balaban J connectivity index is 0.00000137. The summed E-state index contributed by atoms with van der Waals surface area (Å²) >= 11 is 7.03. The predicted octanol–water partition coefficient (Wildman–Crippen LogP) is 7.64. The van der Waals surface area contributed by atoms with Crippen LogP contribution < -0.4 is 11.0 Å². The first kappa shape index (κ1) is 40.1. The fourth-order valence-electron chi connectivity index (χ4n) is 4.23. The molecule has 1 aromatic heterocycles. The standard InChI is InChI=1S/C29H33ClNO.C4H8N4O.CH3.U/c1-6-9-14-25(22(4)13-8-3)26-16-11-12-17-27(26)28(15-10-7-2)29(30)31-19-18-24(21-32)20-23(31)5;1-5-2-3-6-4(9)8-7-3;;/h9,11-14,16-21H,5,7-8,10,15H2,1-4H3;5H,2H2,1H3,(H2,6,7,8,9);1H3;/q-1;;-1;+2/b22-13-,25-14+,29-28+;;;. The number of aromatic amines is 2. The van der Waals surface area contributed by atoms with Gasteiger partial charge < -0.3 is 17.6 Å². The molecule has 228 valence electrons. The normalized spacial score (nSPS) is 13.9. The van der Waals surface area contributed by atoms with Crippen LogP contribution in [0.3, 0.4) is 0 Å². The van der Waals surface area contributed by atoms with Gasteiger partial charge in [-0.3, -0.25) is 15.9 Å². The van der Waals surface area contributed by atoms with Crippen LogP contribution in [-0.4, -0.2) is 33.4 Å². The van der Waals surface area contributed by atoms with Crippen LogP contribution in [0.15, 0.2) is 94.2 Å². The van der Waals surface area contributed by atoms with Crippen molar-refractivity contribution in [2.45, 2.75) is 59.9 Å². The second-order valence-corrected chi connectivity index (χ2v) is 9.70. The third kappa shape index (κ3) is 12.3. The summed E-state index contributed by atoms with van der Waals surface area (Å²) in [5, 5.41) is 9.36. The van der Waals surface area contributed by atoms with E-state index < -0.39 is 0 Å². The van der Waals surface area contributed by atoms with Crippen molar-refractivity contribution in [2.24, 2.45) is 0 Å². The molecule has 2 aromatic rings. The number of rotatable bonds is 12. The minimum atomic E-state index is -0.264. The summed E-state index contributed by atoms with van der Waals surface area (Å²) in [4.78, 5) is 25.9. The molecule has 0 saturated carbocycles. The fraction of sp³-hybridized carbons (Fsp3) is 0.294. The number of nitrogens with one attached hydrogen (secondary N) is 3. The van der Waals surface area contributed by atoms with Crippen molar-refractivity contribution >= 4 is 29.0 Å². The van der Waals surface area contributed by atoms with Crippen LogP contribution in [0.1, 0.15) is 70.3 Å². The molecule has 1 aliphatic rings. The van der Waals surface area contributed by atoms with E-state index in [4.69, 9.17) is 11.6 Å². The van der Waals surface area contributed by atoms with E-state index in [-0.39, 0.29) is 44.2 Å². The molecular weight excluding hydrogens is 784 g/mol. The number of aromatic nitrogens is 3. The van der Waals surface area contributed by atoms with Crippen molar-refractivity contribution in [3.63, 3.8) is 0 Å². The second kappa shape index (κ2) is 21.7. The van der Waals surface area contributed by atoms with Gasteiger partial charge in [0, 0.05) is 17.5 Å². The zero-order valence-electron chi connectivity index (χ0n) is 26.2. The molecule has 1 aliphatic heterocycles. The maximum Gasteiger partial charge on any atom is 2.00 e. The number of hydrogen-bond acceptors (Lipinski definition) is 5. The number of aldehydes is 1. The molecule has 0 spiro atoms. The summed E-state index contributed by atoms with van der Waals surface area (Å²) in [6.45, 7) is 13.1. The predicted molar refractivity (Wildman–Crippen MR) is 177 cm³/mol. The zero-order valence-corrected chi connectivity index (χ0v) is 31.1. The Morgan fingerprint density at radius 1 is 1.23 bits per heavy atom. The molecule has 0 aliphatic carbocycles. The molecule has 0 atom stereocenters. The first-order chi connectivity index (χ1) is 19.8. The zero-order chi connectivity index (χ0) is 30.2. The van der Waals surface area contributed by atoms with Gasteiger partial charge in [-0.25, -0.2) is 22.0 Å². The van der Waals surface area contributed by atoms with Gasteiger partial charge in [0.2, 0.25) is 0 Å². The number of allylic oxidation sites excluding steroid dienone is 10. The van der Waals surface area contributed by atoms with Crippen LogP contribution in [0.25, 0.3) is 11.1 Å². The van der Waals surface area contributed by atoms with Gasteiger partial charge in [-0.15, -0.1) is 6.92 Å². The Morgan fingerprint density at radius 2 is 1.93 bits per heavy atom. The fourth-order valence-corrected chi connectivity index (χ4v) is 4.59. The maximum absolute atomic E-state index is 11.2. The molecule has 3 rings (SSSR count). The van der Waals surface area contributed by atoms with Crippen LogP contribution in [0.5, 0.6) is 0 Å². The quantitative estimate of drug-likeness (QED) is 0.0886. The summed E-state index contributed by atoms with van der Waals surface area (Å²) in [5.74, 6) is 0.627. The van der Waals surface area contributed by atoms with E-state index in [2.05, 4.69) is 90.3 Å². The van der Waals surface area contributed by atoms with Crippen LogP contribution in [0, 0.1) is 44.6 Å². The average molecular weight is 828 g/mol. The average Bonchev–Trinajstić information content (AvgIpc) is 3.39. The monoisotopic (exact) mass is 827 g/mol. The number of carbonyl (C=O) groups is 1. The van der Waals surface area contributed by atoms with E-state index in [1.165, 1.54) is 5.57 Å². The molecule has 3 N–H and O–H groups in total. The molecular formula is C34H44ClN5O2U. The van der Waals surface area contributed by atoms with Gasteiger partial charge in [-0.1, -0.05) is 79.9 Å². The van der Waals surface area contributed by atoms with Crippen molar-refractivity contribution in [2.75, 3.05) is 7.05 Å². The summed E-state index contributed by atoms with van der Waals surface area (Å²) in [6.07, 6.45) is 19.5. The Bertz CT molecular complexity index is 1430. The van der Waals surface area contributed by atoms with Gasteiger partial charge in [0.1, 0.15) is 17.3 Å². The van der Waals surface area contributed by atoms with Crippen molar-refractivity contribution in [3.8, 4) is 0 Å². The SMILES string of the molecule is C=C1C=C(C=O)C=CN1/C(Cl)=C(\CCCC)c1ccccc1C(=C/C=[C-]C)/C(C)=C\CC.CNCc1n[nH]c(=O)[nH]1.[CH3-].[U+2]. The molecule has 0 radical (unpaired) electrons. The van der Waals surface area contributed by atoms with Gasteiger partial charge in [0.15, 0.2) is 0 Å². The van der Waals surface area contributed by atoms with Gasteiger partial charge >= 0.3 is 36.8 Å². The van der Waals surface area contributed by atoms with Crippen molar-refractivity contribution in [1.29, 1.82) is 0 Å². The molecule has 1 aromatic carbocycles. The number of carbonyl (C=O) groups excluding carboxylic acids is 1. The second-order valence-electron chi connectivity index (χ2n) is 9.34. The molecule has 0 unspecified atom stereocenters. The Labute approximate surface area is 286 Å². The molecule has 43 heavy (non-hydrogen) atoms. The maximum atomic E-state index is 11.2. The number of hydrogen-bond donors (Lipinski definition) is 3. The Kier molecular flexibility index (Phi) is 20.3. The van der Waals surface area contributed by atoms with Crippen molar-refractivity contribution in [1.82, 2.24) is 25.4 Å². The molecule has 7 nitrogen and oxygen atoms in total. The summed E-state index contributed by atoms with van der Waals surface area (Å²) in [6, 6.07) is 8.41. The first-order valence-electron chi connectivity index (χ1n) is 13.8. The van der Waals surface area contributed by atoms with Gasteiger partial charge in [0.05, 0.1) is 6.54 Å². The smallest absolute Gasteiger partial charge is 0.358 e. The largest absolute Gasteiger partial charge is 2.00 e. The van der Waals surface area contributed by atoms with Gasteiger partial charge in [0.25, 0.3) is 0 Å². The van der Waals surface area contributed by atoms with E-state index >= 15 is 0 Å². The van der Waals surface area contributed by atoms with E-state index in [1.807, 2.05) is 24.1 Å². The minimum Gasteiger partial charge on any atom is -0.358 e. The first-order valence-corrected chi connectivity index (χ1v) is 14.2. The van der Waals surface area contributed by atoms with E-state index in [0.29, 0.717) is 28.8 Å². The van der Waals surface area contributed by atoms with E-state index in [9.17, 15) is 9.59 Å². The van der Waals surface area contributed by atoms with Gasteiger partial charge in [-0.2, -0.15) is 5.10 Å². The third-order valence-corrected chi connectivity index (χ3v) is 6.63. The minimum absolute atomic E-state index is 0. The Morgan fingerprint density at radius 3 is 2.47 bits per heavy atom. The summed E-state index contributed by atoms with van der Waals surface area (Å²) in [7, 11) is 1.78. The third-order valence-electron chi connectivity index (χ3n) is 6.22. The van der Waals surface area contributed by atoms with Crippen molar-refractivity contribution < 1.29 is 35.9 Å². The molecule has 0 bridgehead atoms. The van der Waals surface area contributed by atoms with E-state index in [1.54, 1.807) is 19.2 Å². The van der Waals surface area contributed by atoms with Crippen LogP contribution >= 0.6 is 11.6 Å². The number of unbranched alkanes of at least 4 members (excludes halogenated alkanes) is 1. The summed E-state index contributed by atoms with van der Waals surface area (Å²) in [5.41, 5.74) is 6.69. The summed E-state index contributed by atoms with van der Waals surface area (Å²) < 4.78 is 0. The number of halogens is 1. The molecule has 0 amide bonds. The van der Waals surface area contributed by atoms with Gasteiger partial charge in [-0.05, 0) is 62.1 Å². The molecule has 0 saturated heterocycles. The topological polar surface area (TPSA) is 93.9 Å². The number of benzene rings is 1. The van der Waals surface area contributed by atoms with Crippen LogP contribution in [-0.2, 0) is 11.3 Å². The van der Waals surface area contributed by atoms with E-state index in [0.717, 1.165) is 54.2 Å². The molecule has 9 heteroatoms. The number of nitrogens with zero attached hydrogens (tertiary/aromatic N) is 2. The van der Waals surface area contributed by atoms with Crippen LogP contribution in [0.2, 0.25) is 0 Å². The molecule has 2 heterocycles.